The molecule has 0 aliphatic heterocycles. The fourth-order valence-electron chi connectivity index (χ4n) is 1.29. The van der Waals surface area contributed by atoms with Crippen molar-refractivity contribution in [3.05, 3.63) is 0 Å². The summed E-state index contributed by atoms with van der Waals surface area (Å²) < 4.78 is 9.06. The molecule has 1 saturated carbocycles. The molecule has 1 aliphatic rings. The highest BCUT2D eigenvalue weighted by molar-refractivity contribution is 5.73. The van der Waals surface area contributed by atoms with E-state index in [-0.39, 0.29) is 6.10 Å². The maximum atomic E-state index is 10.9. The molecule has 1 aliphatic carbocycles. The van der Waals surface area contributed by atoms with Gasteiger partial charge in [0, 0.05) is 0 Å². The molecule has 0 aromatic heterocycles. The Bertz CT molecular complexity index is 246. The van der Waals surface area contributed by atoms with Crippen LogP contribution in [-0.2, 0) is 9.47 Å². The van der Waals surface area contributed by atoms with Gasteiger partial charge in [-0.3, -0.25) is 0 Å². The average molecular weight is 200 g/mol. The van der Waals surface area contributed by atoms with Crippen LogP contribution in [0.2, 0.25) is 0 Å². The molecule has 2 amide bonds. The van der Waals surface area contributed by atoms with Crippen LogP contribution in [0.1, 0.15) is 25.7 Å². The van der Waals surface area contributed by atoms with E-state index in [9.17, 15) is 9.59 Å². The Balaban J connectivity index is 2.27. The molecule has 14 heavy (non-hydrogen) atoms. The second-order valence-electron chi connectivity index (χ2n) is 2.96. The lowest BCUT2D eigenvalue weighted by Crippen LogP contribution is -2.11. The van der Waals surface area contributed by atoms with Crippen LogP contribution in [0, 0.1) is 0 Å². The zero-order valence-electron chi connectivity index (χ0n) is 7.93. The van der Waals surface area contributed by atoms with Crippen LogP contribution in [0.3, 0.4) is 0 Å². The van der Waals surface area contributed by atoms with E-state index in [2.05, 4.69) is 15.0 Å². The van der Waals surface area contributed by atoms with Gasteiger partial charge in [0.25, 0.3) is 0 Å². The van der Waals surface area contributed by atoms with E-state index in [1.165, 1.54) is 0 Å². The largest absolute Gasteiger partial charge is 0.452 e. The van der Waals surface area contributed by atoms with Gasteiger partial charge in [-0.25, -0.2) is 9.59 Å². The minimum Gasteiger partial charge on any atom is -0.450 e. The molecule has 0 spiro atoms. The summed E-state index contributed by atoms with van der Waals surface area (Å²) in [7, 11) is 1.16. The lowest BCUT2D eigenvalue weighted by molar-refractivity contribution is 0.108. The fraction of sp³-hybridized carbons (Fsp3) is 0.750. The first-order chi connectivity index (χ1) is 6.72. The average Bonchev–Trinajstić information content (AvgIpc) is 2.66. The molecule has 1 rings (SSSR count). The van der Waals surface area contributed by atoms with Crippen LogP contribution in [0.15, 0.2) is 10.2 Å². The van der Waals surface area contributed by atoms with Crippen molar-refractivity contribution >= 4 is 12.2 Å². The Morgan fingerprint density at radius 1 is 1.14 bits per heavy atom. The second-order valence-corrected chi connectivity index (χ2v) is 2.96. The molecule has 0 aromatic carbocycles. The first kappa shape index (κ1) is 10.6. The number of hydrogen-bond donors (Lipinski definition) is 0. The van der Waals surface area contributed by atoms with Crippen LogP contribution in [0.5, 0.6) is 0 Å². The zero-order valence-corrected chi connectivity index (χ0v) is 7.93. The third kappa shape index (κ3) is 3.51. The van der Waals surface area contributed by atoms with Crippen LogP contribution in [0.4, 0.5) is 9.59 Å². The Morgan fingerprint density at radius 2 is 1.71 bits per heavy atom. The maximum absolute atomic E-state index is 10.9. The summed E-state index contributed by atoms with van der Waals surface area (Å²) in [5.74, 6) is 0. The number of nitrogens with zero attached hydrogens (tertiary/aromatic N) is 2. The molecule has 1 fully saturated rings. The predicted octanol–water partition coefficient (Wildman–Crippen LogP) is 2.28. The molecule has 0 unspecified atom stereocenters. The molecular weight excluding hydrogens is 188 g/mol. The van der Waals surface area contributed by atoms with Gasteiger partial charge in [0.15, 0.2) is 0 Å². The van der Waals surface area contributed by atoms with E-state index < -0.39 is 12.2 Å². The highest BCUT2D eigenvalue weighted by Crippen LogP contribution is 2.21. The van der Waals surface area contributed by atoms with Gasteiger partial charge >= 0.3 is 12.2 Å². The van der Waals surface area contributed by atoms with E-state index in [0.717, 1.165) is 32.8 Å². The number of carbonyl (C=O) groups is 2. The van der Waals surface area contributed by atoms with Crippen molar-refractivity contribution in [3.8, 4) is 0 Å². The van der Waals surface area contributed by atoms with Gasteiger partial charge in [0.2, 0.25) is 0 Å². The van der Waals surface area contributed by atoms with Gasteiger partial charge in [-0.15, -0.1) is 0 Å². The van der Waals surface area contributed by atoms with E-state index in [4.69, 9.17) is 4.74 Å². The summed E-state index contributed by atoms with van der Waals surface area (Å²) in [6.07, 6.45) is 2.03. The minimum absolute atomic E-state index is 0.0703. The number of amides is 2. The summed E-state index contributed by atoms with van der Waals surface area (Å²) in [5.41, 5.74) is 0. The highest BCUT2D eigenvalue weighted by Gasteiger charge is 2.18. The molecule has 0 aromatic rings. The Labute approximate surface area is 81.3 Å². The smallest absolute Gasteiger partial charge is 0.450 e. The summed E-state index contributed by atoms with van der Waals surface area (Å²) in [6.45, 7) is 0. The quantitative estimate of drug-likeness (QED) is 0.608. The molecule has 78 valence electrons. The number of hydrogen-bond acceptors (Lipinski definition) is 4. The number of methoxy groups -OCH3 is 1. The first-order valence-corrected chi connectivity index (χ1v) is 4.42. The Hall–Kier alpha value is -1.46. The molecule has 0 N–H and O–H groups in total. The highest BCUT2D eigenvalue weighted by atomic mass is 16.6. The SMILES string of the molecule is COC(=O)N=NC(=O)OC1CCCC1. The van der Waals surface area contributed by atoms with Crippen molar-refractivity contribution in [2.45, 2.75) is 31.8 Å². The van der Waals surface area contributed by atoms with E-state index >= 15 is 0 Å². The Kier molecular flexibility index (Phi) is 4.03. The summed E-state index contributed by atoms with van der Waals surface area (Å²) in [4.78, 5) is 21.4. The van der Waals surface area contributed by atoms with E-state index in [1.807, 2.05) is 0 Å². The monoisotopic (exact) mass is 200 g/mol. The molecule has 0 bridgehead atoms. The van der Waals surface area contributed by atoms with Gasteiger partial charge in [0.1, 0.15) is 6.10 Å². The summed E-state index contributed by atoms with van der Waals surface area (Å²) in [6, 6.07) is 0. The maximum Gasteiger partial charge on any atom is 0.452 e. The third-order valence-electron chi connectivity index (χ3n) is 1.96. The molecule has 0 radical (unpaired) electrons. The minimum atomic E-state index is -0.909. The predicted molar refractivity (Wildman–Crippen MR) is 46.0 cm³/mol. The normalized spacial score (nSPS) is 17.2. The van der Waals surface area contributed by atoms with Crippen LogP contribution >= 0.6 is 0 Å². The van der Waals surface area contributed by atoms with Crippen molar-refractivity contribution in [1.82, 2.24) is 0 Å². The molecule has 6 heteroatoms. The number of rotatable bonds is 1. The summed E-state index contributed by atoms with van der Waals surface area (Å²) in [5, 5.41) is 6.02. The topological polar surface area (TPSA) is 77.3 Å². The molecule has 6 nitrogen and oxygen atoms in total. The number of carbonyl (C=O) groups excluding carboxylic acids is 2. The van der Waals surface area contributed by atoms with E-state index in [0.29, 0.717) is 0 Å². The molecule has 0 atom stereocenters. The first-order valence-electron chi connectivity index (χ1n) is 4.42. The van der Waals surface area contributed by atoms with Crippen molar-refractivity contribution < 1.29 is 19.1 Å². The number of ether oxygens (including phenoxy) is 2. The summed E-state index contributed by atoms with van der Waals surface area (Å²) >= 11 is 0. The van der Waals surface area contributed by atoms with Crippen molar-refractivity contribution in [3.63, 3.8) is 0 Å². The van der Waals surface area contributed by atoms with Crippen molar-refractivity contribution in [1.29, 1.82) is 0 Å². The molecular formula is C8H12N2O4. The molecule has 0 saturated heterocycles. The van der Waals surface area contributed by atoms with Crippen molar-refractivity contribution in [2.75, 3.05) is 7.11 Å². The van der Waals surface area contributed by atoms with Gasteiger partial charge < -0.3 is 9.47 Å². The lowest BCUT2D eigenvalue weighted by atomic mass is 10.3. The third-order valence-corrected chi connectivity index (χ3v) is 1.96. The van der Waals surface area contributed by atoms with Gasteiger partial charge in [0.05, 0.1) is 7.11 Å². The van der Waals surface area contributed by atoms with Crippen LogP contribution < -0.4 is 0 Å². The van der Waals surface area contributed by atoms with Crippen LogP contribution in [0.25, 0.3) is 0 Å². The fourth-order valence-corrected chi connectivity index (χ4v) is 1.29. The van der Waals surface area contributed by atoms with Gasteiger partial charge in [-0.2, -0.15) is 0 Å². The van der Waals surface area contributed by atoms with Gasteiger partial charge in [-0.05, 0) is 25.7 Å². The second kappa shape index (κ2) is 5.31. The lowest BCUT2D eigenvalue weighted by Gasteiger charge is -2.06. The standard InChI is InChI=1S/C8H12N2O4/c1-13-7(11)9-10-8(12)14-6-4-2-3-5-6/h6H,2-5H2,1H3. The zero-order chi connectivity index (χ0) is 10.4. The van der Waals surface area contributed by atoms with Crippen molar-refractivity contribution in [2.24, 2.45) is 10.2 Å². The van der Waals surface area contributed by atoms with Crippen LogP contribution in [-0.4, -0.2) is 25.4 Å². The Morgan fingerprint density at radius 3 is 2.29 bits per heavy atom. The number of azo groups is 1. The van der Waals surface area contributed by atoms with Gasteiger partial charge in [-0.1, -0.05) is 10.2 Å². The van der Waals surface area contributed by atoms with E-state index in [1.54, 1.807) is 0 Å². The molecule has 0 heterocycles.